The molecule has 0 amide bonds. The van der Waals surface area contributed by atoms with Crippen molar-refractivity contribution >= 4 is 40.2 Å². The zero-order chi connectivity index (χ0) is 21.0. The second-order valence-electron chi connectivity index (χ2n) is 6.43. The van der Waals surface area contributed by atoms with Gasteiger partial charge in [0, 0.05) is 19.8 Å². The number of hydrogen-bond donors (Lipinski definition) is 1. The summed E-state index contributed by atoms with van der Waals surface area (Å²) in [6, 6.07) is 13.4. The molecule has 2 aromatic rings. The van der Waals surface area contributed by atoms with Gasteiger partial charge in [-0.1, -0.05) is 23.9 Å². The van der Waals surface area contributed by atoms with E-state index in [4.69, 9.17) is 4.74 Å². The highest BCUT2D eigenvalue weighted by Crippen LogP contribution is 2.40. The lowest BCUT2D eigenvalue weighted by Gasteiger charge is -2.11. The Hall–Kier alpha value is -3.06. The Morgan fingerprint density at radius 1 is 1.17 bits per heavy atom. The van der Waals surface area contributed by atoms with E-state index in [1.54, 1.807) is 13.0 Å². The second-order valence-corrected chi connectivity index (χ2v) is 7.46. The lowest BCUT2D eigenvalue weighted by Crippen LogP contribution is -2.12. The molecular formula is C22H21FN2O3S. The SMILES string of the molecule is CCOC(=O)C1=C(O)C(=Cc2ccc(N(C)C)cc2)SC1=Nc1ccc(F)cc1. The summed E-state index contributed by atoms with van der Waals surface area (Å²) in [7, 11) is 3.91. The zero-order valence-electron chi connectivity index (χ0n) is 16.3. The van der Waals surface area contributed by atoms with E-state index in [9.17, 15) is 14.3 Å². The number of carbonyl (C=O) groups is 1. The number of benzene rings is 2. The number of esters is 1. The molecule has 1 aliphatic heterocycles. The molecule has 3 rings (SSSR count). The van der Waals surface area contributed by atoms with Crippen molar-refractivity contribution in [3.8, 4) is 0 Å². The molecule has 5 nitrogen and oxygen atoms in total. The van der Waals surface area contributed by atoms with Gasteiger partial charge >= 0.3 is 5.97 Å². The number of ether oxygens (including phenoxy) is 1. The predicted octanol–water partition coefficient (Wildman–Crippen LogP) is 5.08. The largest absolute Gasteiger partial charge is 0.506 e. The molecule has 2 aromatic carbocycles. The van der Waals surface area contributed by atoms with E-state index in [1.165, 1.54) is 36.0 Å². The fraction of sp³-hybridized carbons (Fsp3) is 0.182. The van der Waals surface area contributed by atoms with Crippen LogP contribution in [0.4, 0.5) is 15.8 Å². The van der Waals surface area contributed by atoms with Gasteiger partial charge < -0.3 is 14.7 Å². The van der Waals surface area contributed by atoms with Crippen molar-refractivity contribution in [1.82, 2.24) is 0 Å². The van der Waals surface area contributed by atoms with Gasteiger partial charge in [0.2, 0.25) is 0 Å². The van der Waals surface area contributed by atoms with Gasteiger partial charge in [-0.25, -0.2) is 14.2 Å². The van der Waals surface area contributed by atoms with Crippen molar-refractivity contribution in [3.05, 3.63) is 76.1 Å². The second kappa shape index (κ2) is 8.96. The first-order valence-corrected chi connectivity index (χ1v) is 9.83. The maximum absolute atomic E-state index is 13.2. The quantitative estimate of drug-likeness (QED) is 0.694. The van der Waals surface area contributed by atoms with Crippen LogP contribution in [0.15, 0.2) is 69.8 Å². The highest BCUT2D eigenvalue weighted by atomic mass is 32.2. The molecule has 0 saturated heterocycles. The average molecular weight is 412 g/mol. The summed E-state index contributed by atoms with van der Waals surface area (Å²) in [6.45, 7) is 1.87. The third-order valence-corrected chi connectivity index (χ3v) is 5.15. The number of thioether (sulfide) groups is 1. The number of carbonyl (C=O) groups excluding carboxylic acids is 1. The van der Waals surface area contributed by atoms with Crippen molar-refractivity contribution in [2.24, 2.45) is 4.99 Å². The fourth-order valence-corrected chi connectivity index (χ4v) is 3.68. The zero-order valence-corrected chi connectivity index (χ0v) is 17.2. The van der Waals surface area contributed by atoms with E-state index in [2.05, 4.69) is 4.99 Å². The Labute approximate surface area is 173 Å². The first kappa shape index (κ1) is 20.7. The summed E-state index contributed by atoms with van der Waals surface area (Å²) in [6.07, 6.45) is 1.78. The van der Waals surface area contributed by atoms with E-state index in [0.29, 0.717) is 15.6 Å². The average Bonchev–Trinajstić information content (AvgIpc) is 2.99. The van der Waals surface area contributed by atoms with Gasteiger partial charge in [0.25, 0.3) is 0 Å². The number of rotatable bonds is 5. The van der Waals surface area contributed by atoms with E-state index in [1.807, 2.05) is 43.3 Å². The minimum atomic E-state index is -0.648. The van der Waals surface area contributed by atoms with Crippen molar-refractivity contribution < 1.29 is 19.0 Å². The minimum absolute atomic E-state index is 0.0114. The topological polar surface area (TPSA) is 62.1 Å². The molecule has 0 bridgehead atoms. The lowest BCUT2D eigenvalue weighted by molar-refractivity contribution is -0.138. The summed E-state index contributed by atoms with van der Waals surface area (Å²) in [5, 5.41) is 11.0. The van der Waals surface area contributed by atoms with E-state index in [0.717, 1.165) is 11.3 Å². The normalized spacial score (nSPS) is 16.6. The monoisotopic (exact) mass is 412 g/mol. The Kier molecular flexibility index (Phi) is 6.39. The van der Waals surface area contributed by atoms with Gasteiger partial charge in [0.1, 0.15) is 22.2 Å². The highest BCUT2D eigenvalue weighted by molar-refractivity contribution is 8.18. The molecule has 1 aliphatic rings. The van der Waals surface area contributed by atoms with Gasteiger partial charge in [0.15, 0.2) is 0 Å². The smallest absolute Gasteiger partial charge is 0.344 e. The van der Waals surface area contributed by atoms with Crippen LogP contribution >= 0.6 is 11.8 Å². The van der Waals surface area contributed by atoms with Crippen LogP contribution in [0.25, 0.3) is 6.08 Å². The van der Waals surface area contributed by atoms with Crippen molar-refractivity contribution in [3.63, 3.8) is 0 Å². The van der Waals surface area contributed by atoms with Crippen molar-refractivity contribution in [2.75, 3.05) is 25.6 Å². The first-order chi connectivity index (χ1) is 13.9. The molecule has 0 aliphatic carbocycles. The van der Waals surface area contributed by atoms with E-state index < -0.39 is 5.97 Å². The number of aliphatic imine (C=N–C) groups is 1. The molecule has 0 saturated carbocycles. The van der Waals surface area contributed by atoms with Crippen LogP contribution < -0.4 is 4.90 Å². The molecule has 7 heteroatoms. The summed E-state index contributed by atoms with van der Waals surface area (Å²) < 4.78 is 18.2. The standard InChI is InChI=1S/C22H21FN2O3S/c1-4-28-22(27)19-20(26)18(13-14-5-11-17(12-6-14)25(2)3)29-21(19)24-16-9-7-15(23)8-10-16/h5-13,26H,4H2,1-3H3. The van der Waals surface area contributed by atoms with Crippen molar-refractivity contribution in [2.45, 2.75) is 6.92 Å². The van der Waals surface area contributed by atoms with Gasteiger partial charge in [-0.3, -0.25) is 0 Å². The van der Waals surface area contributed by atoms with E-state index in [-0.39, 0.29) is 23.8 Å². The third kappa shape index (κ3) is 4.86. The van der Waals surface area contributed by atoms with Gasteiger partial charge in [-0.2, -0.15) is 0 Å². The predicted molar refractivity (Wildman–Crippen MR) is 116 cm³/mol. The van der Waals surface area contributed by atoms with Gasteiger partial charge in [-0.05, 0) is 55.0 Å². The van der Waals surface area contributed by atoms with Crippen LogP contribution in [0.5, 0.6) is 0 Å². The molecule has 0 radical (unpaired) electrons. The van der Waals surface area contributed by atoms with E-state index >= 15 is 0 Å². The molecule has 150 valence electrons. The minimum Gasteiger partial charge on any atom is -0.506 e. The summed E-state index contributed by atoms with van der Waals surface area (Å²) in [5.74, 6) is -1.20. The Morgan fingerprint density at radius 3 is 2.41 bits per heavy atom. The lowest BCUT2D eigenvalue weighted by atomic mass is 10.1. The van der Waals surface area contributed by atoms with Crippen LogP contribution in [-0.4, -0.2) is 36.8 Å². The first-order valence-electron chi connectivity index (χ1n) is 9.01. The maximum atomic E-state index is 13.2. The Balaban J connectivity index is 1.99. The molecule has 0 spiro atoms. The third-order valence-electron chi connectivity index (χ3n) is 4.13. The number of hydrogen-bond acceptors (Lipinski definition) is 6. The fourth-order valence-electron chi connectivity index (χ4n) is 2.64. The van der Waals surface area contributed by atoms with Crippen molar-refractivity contribution in [1.29, 1.82) is 0 Å². The van der Waals surface area contributed by atoms with Crippen LogP contribution in [0.3, 0.4) is 0 Å². The molecule has 29 heavy (non-hydrogen) atoms. The number of anilines is 1. The molecule has 0 fully saturated rings. The van der Waals surface area contributed by atoms with Crippen LogP contribution in [0.1, 0.15) is 12.5 Å². The summed E-state index contributed by atoms with van der Waals surface area (Å²) in [5.41, 5.74) is 2.41. The molecule has 1 N–H and O–H groups in total. The van der Waals surface area contributed by atoms with Gasteiger partial charge in [-0.15, -0.1) is 0 Å². The highest BCUT2D eigenvalue weighted by Gasteiger charge is 2.33. The van der Waals surface area contributed by atoms with Crippen LogP contribution in [-0.2, 0) is 9.53 Å². The molecule has 1 heterocycles. The number of aliphatic hydroxyl groups is 1. The Morgan fingerprint density at radius 2 is 1.83 bits per heavy atom. The maximum Gasteiger partial charge on any atom is 0.344 e. The number of halogens is 1. The van der Waals surface area contributed by atoms with Crippen LogP contribution in [0.2, 0.25) is 0 Å². The molecule has 0 atom stereocenters. The summed E-state index contributed by atoms with van der Waals surface area (Å²) >= 11 is 1.17. The number of nitrogens with zero attached hydrogens (tertiary/aromatic N) is 2. The van der Waals surface area contributed by atoms with Gasteiger partial charge in [0.05, 0.1) is 17.2 Å². The molecule has 0 unspecified atom stereocenters. The molecule has 0 aromatic heterocycles. The Bertz CT molecular complexity index is 994. The van der Waals surface area contributed by atoms with Crippen LogP contribution in [0, 0.1) is 5.82 Å². The molecular weight excluding hydrogens is 391 g/mol. The number of aliphatic hydroxyl groups excluding tert-OH is 1. The summed E-state index contributed by atoms with van der Waals surface area (Å²) in [4.78, 5) is 19.3.